The fourth-order valence-electron chi connectivity index (χ4n) is 2.76. The van der Waals surface area contributed by atoms with Gasteiger partial charge in [0.2, 0.25) is 5.60 Å². The highest BCUT2D eigenvalue weighted by molar-refractivity contribution is 7.66. The van der Waals surface area contributed by atoms with Gasteiger partial charge in [-0.2, -0.15) is 8.62 Å². The maximum absolute atomic E-state index is 12.2. The number of aryl methyl sites for hydroxylation is 1. The molecular weight excluding hydrogens is 541 g/mol. The highest BCUT2D eigenvalue weighted by Gasteiger charge is 2.57. The molecule has 0 aliphatic carbocycles. The lowest BCUT2D eigenvalue weighted by molar-refractivity contribution is -0.0771. The first-order valence-electron chi connectivity index (χ1n) is 8.20. The molecule has 1 saturated heterocycles. The van der Waals surface area contributed by atoms with Crippen LogP contribution >= 0.6 is 35.1 Å². The van der Waals surface area contributed by atoms with Crippen LogP contribution in [0, 0.1) is 18.2 Å². The highest BCUT2D eigenvalue weighted by atomic mass is 35.5. The van der Waals surface area contributed by atoms with Crippen molar-refractivity contribution in [2.75, 3.05) is 6.61 Å². The van der Waals surface area contributed by atoms with Gasteiger partial charge in [0, 0.05) is 17.1 Å². The number of nitrogens with one attached hydrogen (secondary N) is 1. The van der Waals surface area contributed by atoms with Gasteiger partial charge in [-0.3, -0.25) is 18.9 Å². The molecule has 0 bridgehead atoms. The Morgan fingerprint density at radius 1 is 1.21 bits per heavy atom. The molecule has 1 aliphatic rings. The van der Waals surface area contributed by atoms with Crippen LogP contribution in [0.1, 0.15) is 11.9 Å². The Bertz CT molecular complexity index is 1230. The van der Waals surface area contributed by atoms with Crippen molar-refractivity contribution in [2.24, 2.45) is 0 Å². The van der Waals surface area contributed by atoms with Crippen LogP contribution in [0.3, 0.4) is 0 Å². The summed E-state index contributed by atoms with van der Waals surface area (Å²) in [7, 11) is -17.0. The molecule has 2 rings (SSSR count). The van der Waals surface area contributed by atoms with E-state index >= 15 is 0 Å². The fraction of sp³-hybridized carbons (Fsp3) is 0.500. The third-order valence-electron chi connectivity index (χ3n) is 3.95. The summed E-state index contributed by atoms with van der Waals surface area (Å²) in [5.41, 5.74) is -4.55. The predicted molar refractivity (Wildman–Crippen MR) is 104 cm³/mol. The summed E-state index contributed by atoms with van der Waals surface area (Å²) in [6, 6.07) is 0.949. The van der Waals surface area contributed by atoms with E-state index in [0.717, 1.165) is 6.07 Å². The molecule has 1 aliphatic heterocycles. The van der Waals surface area contributed by atoms with Crippen LogP contribution in [0.5, 0.6) is 0 Å². The summed E-state index contributed by atoms with van der Waals surface area (Å²) < 4.78 is 51.3. The Morgan fingerprint density at radius 2 is 1.82 bits per heavy atom. The number of aliphatic hydroxyl groups is 2. The first-order chi connectivity index (χ1) is 14.9. The number of rotatable bonds is 8. The number of hydrogen-bond acceptors (Lipinski definition) is 11. The van der Waals surface area contributed by atoms with Crippen molar-refractivity contribution in [2.45, 2.75) is 31.0 Å². The average molecular weight is 557 g/mol. The third kappa shape index (κ3) is 6.92. The van der Waals surface area contributed by atoms with Crippen molar-refractivity contribution < 1.29 is 61.4 Å². The van der Waals surface area contributed by atoms with Gasteiger partial charge in [-0.15, -0.1) is 0 Å². The average Bonchev–Trinajstić information content (AvgIpc) is 2.81. The smallest absolute Gasteiger partial charge is 0.386 e. The largest absolute Gasteiger partial charge is 0.490 e. The SMILES string of the molecule is Cc1cc(=O)[nH]c(=O)n1[C@@H]1O[C@H](COP(=O)(O)OP(=O)(O)OP(=O)(O)O)C(O)C1(O)C#CCl. The molecule has 17 nitrogen and oxygen atoms in total. The molecule has 7 N–H and O–H groups in total. The first kappa shape index (κ1) is 28.1. The van der Waals surface area contributed by atoms with E-state index < -0.39 is 65.4 Å². The zero-order valence-corrected chi connectivity index (χ0v) is 19.5. The molecule has 33 heavy (non-hydrogen) atoms. The zero-order chi connectivity index (χ0) is 25.4. The van der Waals surface area contributed by atoms with E-state index in [4.69, 9.17) is 31.0 Å². The summed E-state index contributed by atoms with van der Waals surface area (Å²) in [5, 5.41) is 23.0. The number of H-pyrrole nitrogens is 1. The standard InChI is InChI=1S/C12H16ClN2O15P3/c1-6-4-8(16)14-11(18)15(6)10-12(19,2-3-13)9(17)7(28-10)5-27-32(23,24)30-33(25,26)29-31(20,21)22/h4,7,9-10,17,19H,5H2,1H3,(H,23,24)(H,25,26)(H,14,16,18)(H2,20,21,22)/t7-,9?,10-,12?/m1/s1. The van der Waals surface area contributed by atoms with Gasteiger partial charge in [-0.25, -0.2) is 18.5 Å². The second-order valence-corrected chi connectivity index (χ2v) is 11.0. The Balaban J connectivity index is 2.29. The molecule has 0 saturated carbocycles. The number of ether oxygens (including phenoxy) is 1. The summed E-state index contributed by atoms with van der Waals surface area (Å²) in [4.78, 5) is 61.2. The summed E-state index contributed by atoms with van der Waals surface area (Å²) in [6.07, 6.45) is -5.68. The van der Waals surface area contributed by atoms with Crippen LogP contribution in [0.15, 0.2) is 15.7 Å². The summed E-state index contributed by atoms with van der Waals surface area (Å²) in [6.45, 7) is 0.116. The van der Waals surface area contributed by atoms with E-state index in [-0.39, 0.29) is 5.69 Å². The molecule has 0 radical (unpaired) electrons. The predicted octanol–water partition coefficient (Wildman–Crippen LogP) is -1.62. The minimum atomic E-state index is -5.80. The van der Waals surface area contributed by atoms with Crippen LogP contribution in [0.4, 0.5) is 0 Å². The minimum Gasteiger partial charge on any atom is -0.386 e. The van der Waals surface area contributed by atoms with Crippen molar-refractivity contribution in [3.8, 4) is 11.3 Å². The van der Waals surface area contributed by atoms with Gasteiger partial charge >= 0.3 is 29.2 Å². The maximum Gasteiger partial charge on any atom is 0.490 e. The van der Waals surface area contributed by atoms with Gasteiger partial charge in [0.25, 0.3) is 5.56 Å². The lowest BCUT2D eigenvalue weighted by atomic mass is 9.95. The number of hydrogen-bond donors (Lipinski definition) is 7. The van der Waals surface area contributed by atoms with E-state index in [1.165, 1.54) is 6.92 Å². The van der Waals surface area contributed by atoms with Gasteiger partial charge < -0.3 is 34.5 Å². The second-order valence-electron chi connectivity index (χ2n) is 6.35. The van der Waals surface area contributed by atoms with Gasteiger partial charge in [0.15, 0.2) is 6.23 Å². The minimum absolute atomic E-state index is 0.0516. The van der Waals surface area contributed by atoms with Crippen molar-refractivity contribution in [1.29, 1.82) is 0 Å². The molecule has 6 atom stereocenters. The number of aromatic nitrogens is 2. The van der Waals surface area contributed by atoms with E-state index in [0.29, 0.717) is 4.57 Å². The first-order valence-corrected chi connectivity index (χ1v) is 13.1. The van der Waals surface area contributed by atoms with E-state index in [1.54, 1.807) is 5.38 Å². The van der Waals surface area contributed by atoms with Crippen molar-refractivity contribution in [1.82, 2.24) is 9.55 Å². The molecule has 21 heteroatoms. The van der Waals surface area contributed by atoms with E-state index in [2.05, 4.69) is 13.1 Å². The van der Waals surface area contributed by atoms with Crippen LogP contribution < -0.4 is 11.2 Å². The molecule has 186 valence electrons. The van der Waals surface area contributed by atoms with Crippen LogP contribution in [0.25, 0.3) is 0 Å². The Labute approximate surface area is 187 Å². The monoisotopic (exact) mass is 556 g/mol. The third-order valence-corrected chi connectivity index (χ3v) is 7.85. The molecule has 1 aromatic rings. The molecule has 2 heterocycles. The quantitative estimate of drug-likeness (QED) is 0.140. The zero-order valence-electron chi connectivity index (χ0n) is 16.0. The molecule has 1 fully saturated rings. The normalized spacial score (nSPS) is 29.0. The Kier molecular flexibility index (Phi) is 8.35. The molecule has 0 spiro atoms. The number of halogens is 1. The van der Waals surface area contributed by atoms with Gasteiger partial charge in [0.05, 0.1) is 6.61 Å². The van der Waals surface area contributed by atoms with Gasteiger partial charge in [-0.1, -0.05) is 0 Å². The van der Waals surface area contributed by atoms with E-state index in [9.17, 15) is 38.4 Å². The lowest BCUT2D eigenvalue weighted by Gasteiger charge is -2.27. The van der Waals surface area contributed by atoms with Crippen molar-refractivity contribution in [3.05, 3.63) is 32.6 Å². The number of aromatic amines is 1. The van der Waals surface area contributed by atoms with E-state index in [1.807, 2.05) is 10.9 Å². The summed E-state index contributed by atoms with van der Waals surface area (Å²) in [5.74, 6) is 2.01. The molecule has 1 aromatic heterocycles. The molecule has 0 aromatic carbocycles. The van der Waals surface area contributed by atoms with Crippen LogP contribution in [-0.2, 0) is 31.6 Å². The van der Waals surface area contributed by atoms with Gasteiger partial charge in [0.1, 0.15) is 12.2 Å². The number of phosphoric ester groups is 1. The van der Waals surface area contributed by atoms with Crippen molar-refractivity contribution in [3.63, 3.8) is 0 Å². The maximum atomic E-state index is 12.2. The van der Waals surface area contributed by atoms with Crippen LogP contribution in [0.2, 0.25) is 0 Å². The Hall–Kier alpha value is -1.18. The lowest BCUT2D eigenvalue weighted by Crippen LogP contribution is -2.48. The molecule has 4 unspecified atom stereocenters. The fourth-order valence-corrected chi connectivity index (χ4v) is 5.94. The number of phosphoric acid groups is 3. The number of aliphatic hydroxyl groups excluding tert-OH is 1. The topological polar surface area (TPSA) is 264 Å². The highest BCUT2D eigenvalue weighted by Crippen LogP contribution is 2.66. The number of nitrogens with zero attached hydrogens (tertiary/aromatic N) is 1. The Morgan fingerprint density at radius 3 is 2.33 bits per heavy atom. The van der Waals surface area contributed by atoms with Crippen molar-refractivity contribution >= 4 is 35.1 Å². The molecule has 0 amide bonds. The van der Waals surface area contributed by atoms with Gasteiger partial charge in [-0.05, 0) is 24.4 Å². The molecular formula is C12H16ClN2O15P3. The van der Waals surface area contributed by atoms with Crippen LogP contribution in [-0.4, -0.2) is 63.8 Å². The summed E-state index contributed by atoms with van der Waals surface area (Å²) >= 11 is 5.31. The second kappa shape index (κ2) is 9.82.